The first kappa shape index (κ1) is 61.0. The zero-order valence-corrected chi connectivity index (χ0v) is 46.4. The summed E-state index contributed by atoms with van der Waals surface area (Å²) in [6.07, 6.45) is 12.5. The van der Waals surface area contributed by atoms with Crippen LogP contribution in [0.1, 0.15) is 153 Å². The van der Waals surface area contributed by atoms with Crippen LogP contribution in [0.15, 0.2) is 47.6 Å². The molecule has 4 aliphatic heterocycles. The van der Waals surface area contributed by atoms with Gasteiger partial charge in [-0.05, 0) is 134 Å². The van der Waals surface area contributed by atoms with Gasteiger partial charge < -0.3 is 48.3 Å². The second-order valence-electron chi connectivity index (χ2n) is 23.2. The van der Waals surface area contributed by atoms with E-state index in [4.69, 9.17) is 33.2 Å². The maximum atomic E-state index is 14.5. The van der Waals surface area contributed by atoms with Crippen LogP contribution in [0, 0.1) is 40.9 Å². The number of fused-ring (bicyclic) bond motifs is 3. The number of Topliss-reactive ketones (excluding diaryl/α,β-unsaturated/α-hetero) is 3. The van der Waals surface area contributed by atoms with Gasteiger partial charge in [0, 0.05) is 51.4 Å². The minimum absolute atomic E-state index is 0.00845. The van der Waals surface area contributed by atoms with Crippen molar-refractivity contribution in [2.45, 2.75) is 207 Å². The predicted molar refractivity (Wildman–Crippen MR) is 277 cm³/mol. The number of hydrogen-bond donors (Lipinski definition) is 2. The van der Waals surface area contributed by atoms with Crippen molar-refractivity contribution in [1.29, 1.82) is 0 Å². The average molecular weight is 1040 g/mol. The number of methoxy groups -OCH3 is 2. The molecular weight excluding hydrogens is 951 g/mol. The molecule has 1 saturated carbocycles. The van der Waals surface area contributed by atoms with Gasteiger partial charge in [0.25, 0.3) is 11.7 Å². The SMILES string of the molecule is CO[C@H]1C[C@@H]2CC[C@@H](C)[C@@](O)(O2)C(=O)C(=O)N2CCCC[C@H]2C(=O)O[C@H]([C@H](C)CC2CCC(OC(=O)C3(C)COC(C)(C)OC3)CC2)CC(=O)[C@H](C)/C=C(\C)[C@@H](O)[C@@H](OC)C(=O)[C@H](C)C[C@H](C)/C=C/C=C/C=C/1C. The van der Waals surface area contributed by atoms with E-state index in [0.29, 0.717) is 63.4 Å². The van der Waals surface area contributed by atoms with Crippen LogP contribution < -0.4 is 0 Å². The fraction of sp³-hybridized carbons (Fsp3) is 0.759. The molecule has 5 rings (SSSR count). The molecule has 74 heavy (non-hydrogen) atoms. The second-order valence-corrected chi connectivity index (χ2v) is 23.2. The highest BCUT2D eigenvalue weighted by atomic mass is 16.7. The molecule has 0 spiro atoms. The molecule has 5 aliphatic rings. The third-order valence-electron chi connectivity index (χ3n) is 16.3. The maximum absolute atomic E-state index is 14.5. The lowest BCUT2D eigenvalue weighted by atomic mass is 9.79. The number of aliphatic hydroxyl groups excluding tert-OH is 1. The Morgan fingerprint density at radius 2 is 1.53 bits per heavy atom. The molecule has 3 saturated heterocycles. The fourth-order valence-electron chi connectivity index (χ4n) is 11.1. The number of piperidine rings is 1. The average Bonchev–Trinajstić information content (AvgIpc) is 3.36. The number of rotatable bonds is 7. The van der Waals surface area contributed by atoms with Gasteiger partial charge in [-0.25, -0.2) is 4.79 Å². The molecule has 0 radical (unpaired) electrons. The van der Waals surface area contributed by atoms with Gasteiger partial charge in [-0.1, -0.05) is 71.1 Å². The number of aliphatic hydroxyl groups is 2. The summed E-state index contributed by atoms with van der Waals surface area (Å²) in [5.41, 5.74) is 0.333. The Labute approximate surface area is 440 Å². The van der Waals surface area contributed by atoms with Crippen LogP contribution in [0.25, 0.3) is 0 Å². The standard InChI is InChI=1S/C58H89NO15/c1-35-18-14-13-15-19-36(2)47(68-11)31-44-24-21-41(7)58(67,74-44)52(63)53(64)59-27-17-16-20-45(59)54(65)73-48(32-46(60)37(3)29-40(6)50(62)51(69-12)49(61)39(5)28-35)38(4)30-42-22-25-43(26-23-42)72-55(66)57(10)33-70-56(8,9)71-34-57/h13-15,18-19,29,35,37-39,41-45,47-48,50-51,62,67H,16-17,20-28,30-34H2,1-12H3/b15-13+,18-14+,36-19+,40-29+/t35-,37-,38-,39-,41-,42?,43?,44+,45+,47+,48+,50-,51+,58-/m1/s1. The van der Waals surface area contributed by atoms with Crippen molar-refractivity contribution < 1.29 is 72.1 Å². The van der Waals surface area contributed by atoms with Crippen LogP contribution in [0.2, 0.25) is 0 Å². The van der Waals surface area contributed by atoms with Crippen LogP contribution in [-0.2, 0) is 61.9 Å². The van der Waals surface area contributed by atoms with Crippen LogP contribution >= 0.6 is 0 Å². The van der Waals surface area contributed by atoms with Crippen molar-refractivity contribution >= 4 is 35.2 Å². The van der Waals surface area contributed by atoms with Gasteiger partial charge in [-0.3, -0.25) is 24.0 Å². The fourth-order valence-corrected chi connectivity index (χ4v) is 11.1. The number of nitrogens with zero attached hydrogens (tertiary/aromatic N) is 1. The number of ether oxygens (including phenoxy) is 7. The number of hydrogen-bond acceptors (Lipinski definition) is 15. The van der Waals surface area contributed by atoms with Crippen LogP contribution in [0.3, 0.4) is 0 Å². The number of carbonyl (C=O) groups excluding carboxylic acids is 6. The summed E-state index contributed by atoms with van der Waals surface area (Å²) in [5, 5.41) is 23.5. The molecule has 0 unspecified atom stereocenters. The Morgan fingerprint density at radius 3 is 2.18 bits per heavy atom. The van der Waals surface area contributed by atoms with Gasteiger partial charge in [0.05, 0.1) is 25.4 Å². The Morgan fingerprint density at radius 1 is 0.851 bits per heavy atom. The topological polar surface area (TPSA) is 211 Å². The summed E-state index contributed by atoms with van der Waals surface area (Å²) in [4.78, 5) is 85.8. The predicted octanol–water partition coefficient (Wildman–Crippen LogP) is 7.90. The van der Waals surface area contributed by atoms with Gasteiger partial charge in [0.15, 0.2) is 11.6 Å². The number of cyclic esters (lactones) is 1. The molecule has 2 bridgehead atoms. The Balaban J connectivity index is 1.40. The summed E-state index contributed by atoms with van der Waals surface area (Å²) in [7, 11) is 2.95. The summed E-state index contributed by atoms with van der Waals surface area (Å²) in [6.45, 7) is 18.5. The van der Waals surface area contributed by atoms with E-state index < -0.39 is 89.0 Å². The molecule has 0 aromatic rings. The van der Waals surface area contributed by atoms with E-state index >= 15 is 0 Å². The normalized spacial score (nSPS) is 38.5. The van der Waals surface area contributed by atoms with Gasteiger partial charge in [-0.2, -0.15) is 0 Å². The highest BCUT2D eigenvalue weighted by Gasteiger charge is 2.53. The Hall–Kier alpha value is -3.90. The van der Waals surface area contributed by atoms with Gasteiger partial charge >= 0.3 is 11.9 Å². The first-order valence-corrected chi connectivity index (χ1v) is 27.3. The summed E-state index contributed by atoms with van der Waals surface area (Å²) in [6, 6.07) is -1.16. The molecule has 4 heterocycles. The third-order valence-corrected chi connectivity index (χ3v) is 16.3. The third kappa shape index (κ3) is 15.8. The van der Waals surface area contributed by atoms with Crippen molar-refractivity contribution in [2.24, 2.45) is 40.9 Å². The molecule has 2 N–H and O–H groups in total. The molecule has 16 nitrogen and oxygen atoms in total. The molecule has 0 aromatic carbocycles. The minimum Gasteiger partial charge on any atom is -0.462 e. The van der Waals surface area contributed by atoms with Crippen LogP contribution in [0.5, 0.6) is 0 Å². The van der Waals surface area contributed by atoms with Crippen molar-refractivity contribution in [1.82, 2.24) is 4.90 Å². The van der Waals surface area contributed by atoms with E-state index in [1.807, 2.05) is 58.1 Å². The van der Waals surface area contributed by atoms with Crippen molar-refractivity contribution in [3.63, 3.8) is 0 Å². The quantitative estimate of drug-likeness (QED) is 0.141. The Kier molecular flexibility index (Phi) is 22.2. The van der Waals surface area contributed by atoms with Crippen molar-refractivity contribution in [3.8, 4) is 0 Å². The smallest absolute Gasteiger partial charge is 0.329 e. The highest BCUT2D eigenvalue weighted by molar-refractivity contribution is 6.39. The first-order valence-electron chi connectivity index (χ1n) is 27.3. The summed E-state index contributed by atoms with van der Waals surface area (Å²) < 4.78 is 41.5. The monoisotopic (exact) mass is 1040 g/mol. The number of amides is 1. The Bertz CT molecular complexity index is 2080. The zero-order valence-electron chi connectivity index (χ0n) is 46.4. The van der Waals surface area contributed by atoms with Gasteiger partial charge in [0.1, 0.15) is 41.7 Å². The van der Waals surface area contributed by atoms with Crippen molar-refractivity contribution in [3.05, 3.63) is 47.6 Å². The minimum atomic E-state index is -2.44. The van der Waals surface area contributed by atoms with E-state index in [2.05, 4.69) is 0 Å². The summed E-state index contributed by atoms with van der Waals surface area (Å²) in [5.74, 6) is -9.16. The van der Waals surface area contributed by atoms with E-state index in [1.54, 1.807) is 54.7 Å². The summed E-state index contributed by atoms with van der Waals surface area (Å²) >= 11 is 0. The van der Waals surface area contributed by atoms with Crippen LogP contribution in [0.4, 0.5) is 0 Å². The second kappa shape index (κ2) is 26.9. The lowest BCUT2D eigenvalue weighted by Crippen LogP contribution is -2.61. The molecule has 1 aliphatic carbocycles. The molecular formula is C58H89NO15. The zero-order chi connectivity index (χ0) is 54.7. The lowest BCUT2D eigenvalue weighted by molar-refractivity contribution is -0.282. The van der Waals surface area contributed by atoms with E-state index in [-0.39, 0.29) is 74.0 Å². The van der Waals surface area contributed by atoms with E-state index in [0.717, 1.165) is 18.4 Å². The largest absolute Gasteiger partial charge is 0.462 e. The highest BCUT2D eigenvalue weighted by Crippen LogP contribution is 2.39. The molecule has 4 fully saturated rings. The molecule has 12 atom stereocenters. The number of ketones is 3. The molecule has 1 amide bonds. The van der Waals surface area contributed by atoms with Crippen molar-refractivity contribution in [2.75, 3.05) is 34.0 Å². The molecule has 416 valence electrons. The lowest BCUT2D eigenvalue weighted by Gasteiger charge is -2.42. The van der Waals surface area contributed by atoms with Crippen LogP contribution in [-0.4, -0.2) is 139 Å². The van der Waals surface area contributed by atoms with Gasteiger partial charge in [-0.15, -0.1) is 0 Å². The molecule has 16 heteroatoms. The number of allylic oxidation sites excluding steroid dienone is 6. The van der Waals surface area contributed by atoms with E-state index in [1.165, 1.54) is 12.0 Å². The first-order chi connectivity index (χ1) is 34.8. The molecule has 0 aromatic heterocycles. The number of carbonyl (C=O) groups is 6. The van der Waals surface area contributed by atoms with Gasteiger partial charge in [0.2, 0.25) is 5.79 Å². The van der Waals surface area contributed by atoms with E-state index in [9.17, 15) is 39.0 Å². The maximum Gasteiger partial charge on any atom is 0.329 e. The number of esters is 2.